The average molecular weight is 291 g/mol. The number of hydrogen-bond acceptors (Lipinski definition) is 4. The number of benzene rings is 1. The van der Waals surface area contributed by atoms with Gasteiger partial charge in [-0.05, 0) is 19.2 Å². The molecule has 0 radical (unpaired) electrons. The van der Waals surface area contributed by atoms with Crippen LogP contribution >= 0.6 is 0 Å². The molecular formula is C17H29N3O. The van der Waals surface area contributed by atoms with Crippen LogP contribution in [0.4, 0.5) is 0 Å². The van der Waals surface area contributed by atoms with Crippen LogP contribution in [0.2, 0.25) is 0 Å². The maximum Gasteiger partial charge on any atom is 0.123 e. The van der Waals surface area contributed by atoms with E-state index in [4.69, 9.17) is 4.74 Å². The van der Waals surface area contributed by atoms with E-state index in [0.29, 0.717) is 6.04 Å². The molecule has 0 saturated carbocycles. The van der Waals surface area contributed by atoms with Crippen molar-refractivity contribution in [3.63, 3.8) is 0 Å². The molecule has 21 heavy (non-hydrogen) atoms. The first-order valence-electron chi connectivity index (χ1n) is 8.09. The Bertz CT molecular complexity index is 416. The fourth-order valence-electron chi connectivity index (χ4n) is 3.02. The van der Waals surface area contributed by atoms with Crippen molar-refractivity contribution in [3.8, 4) is 5.75 Å². The third-order valence-electron chi connectivity index (χ3n) is 4.32. The third-order valence-corrected chi connectivity index (χ3v) is 4.32. The van der Waals surface area contributed by atoms with E-state index in [-0.39, 0.29) is 0 Å². The lowest BCUT2D eigenvalue weighted by Crippen LogP contribution is -2.48. The Kier molecular flexibility index (Phi) is 6.49. The molecule has 1 aliphatic heterocycles. The number of methoxy groups -OCH3 is 1. The van der Waals surface area contributed by atoms with Gasteiger partial charge >= 0.3 is 0 Å². The Morgan fingerprint density at radius 3 is 2.38 bits per heavy atom. The molecule has 1 aromatic rings. The molecule has 0 spiro atoms. The van der Waals surface area contributed by atoms with E-state index < -0.39 is 0 Å². The maximum absolute atomic E-state index is 5.53. The highest BCUT2D eigenvalue weighted by Gasteiger charge is 2.21. The summed E-state index contributed by atoms with van der Waals surface area (Å²) in [5.74, 6) is 0.982. The van der Waals surface area contributed by atoms with Gasteiger partial charge in [-0.1, -0.05) is 32.0 Å². The highest BCUT2D eigenvalue weighted by atomic mass is 16.5. The summed E-state index contributed by atoms with van der Waals surface area (Å²) in [6.07, 6.45) is 0. The zero-order chi connectivity index (χ0) is 15.1. The van der Waals surface area contributed by atoms with Crippen LogP contribution in [0, 0.1) is 0 Å². The SMILES string of the molecule is CCNC(CN1CCN(CC)CC1)c1ccccc1OC. The van der Waals surface area contributed by atoms with Crippen LogP contribution in [0.25, 0.3) is 0 Å². The van der Waals surface area contributed by atoms with Crippen LogP contribution in [0.3, 0.4) is 0 Å². The van der Waals surface area contributed by atoms with Crippen LogP contribution in [-0.4, -0.2) is 62.7 Å². The van der Waals surface area contributed by atoms with Crippen molar-refractivity contribution >= 4 is 0 Å². The molecule has 1 unspecified atom stereocenters. The van der Waals surface area contributed by atoms with Crippen molar-refractivity contribution in [2.24, 2.45) is 0 Å². The van der Waals surface area contributed by atoms with Crippen LogP contribution < -0.4 is 10.1 Å². The van der Waals surface area contributed by atoms with Gasteiger partial charge in [-0.15, -0.1) is 0 Å². The average Bonchev–Trinajstić information content (AvgIpc) is 2.55. The molecule has 1 N–H and O–H groups in total. The molecule has 1 atom stereocenters. The number of likely N-dealkylation sites (N-methyl/N-ethyl adjacent to an activating group) is 2. The molecule has 2 rings (SSSR count). The maximum atomic E-state index is 5.53. The molecule has 1 aliphatic rings. The second-order valence-electron chi connectivity index (χ2n) is 5.59. The topological polar surface area (TPSA) is 27.7 Å². The van der Waals surface area contributed by atoms with Crippen molar-refractivity contribution in [2.75, 3.05) is 52.9 Å². The number of piperazine rings is 1. The minimum absolute atomic E-state index is 0.333. The molecule has 118 valence electrons. The monoisotopic (exact) mass is 291 g/mol. The van der Waals surface area contributed by atoms with Gasteiger partial charge in [0.2, 0.25) is 0 Å². The van der Waals surface area contributed by atoms with Gasteiger partial charge in [0.1, 0.15) is 5.75 Å². The Morgan fingerprint density at radius 2 is 1.76 bits per heavy atom. The first-order chi connectivity index (χ1) is 10.3. The molecule has 0 amide bonds. The number of para-hydroxylation sites is 1. The standard InChI is InChI=1S/C17H29N3O/c1-4-18-16(15-8-6-7-9-17(15)21-3)14-20-12-10-19(5-2)11-13-20/h6-9,16,18H,4-5,10-14H2,1-3H3. The van der Waals surface area contributed by atoms with Gasteiger partial charge in [-0.2, -0.15) is 0 Å². The minimum atomic E-state index is 0.333. The predicted octanol–water partition coefficient (Wildman–Crippen LogP) is 1.98. The molecule has 1 fully saturated rings. The summed E-state index contributed by atoms with van der Waals surface area (Å²) in [6, 6.07) is 8.69. The third kappa shape index (κ3) is 4.43. The van der Waals surface area contributed by atoms with E-state index in [1.54, 1.807) is 7.11 Å². The molecule has 0 aliphatic carbocycles. The van der Waals surface area contributed by atoms with E-state index in [0.717, 1.165) is 38.5 Å². The van der Waals surface area contributed by atoms with Gasteiger partial charge < -0.3 is 15.0 Å². The van der Waals surface area contributed by atoms with Crippen LogP contribution in [0.5, 0.6) is 5.75 Å². The van der Waals surface area contributed by atoms with Crippen LogP contribution in [-0.2, 0) is 0 Å². The van der Waals surface area contributed by atoms with Gasteiger partial charge in [0.15, 0.2) is 0 Å². The van der Waals surface area contributed by atoms with Crippen LogP contribution in [0.1, 0.15) is 25.5 Å². The van der Waals surface area contributed by atoms with Crippen molar-refractivity contribution < 1.29 is 4.74 Å². The van der Waals surface area contributed by atoms with Gasteiger partial charge in [-0.3, -0.25) is 4.90 Å². The van der Waals surface area contributed by atoms with Gasteiger partial charge in [0.05, 0.1) is 7.11 Å². The van der Waals surface area contributed by atoms with Gasteiger partial charge in [-0.25, -0.2) is 0 Å². The van der Waals surface area contributed by atoms with Crippen molar-refractivity contribution in [1.29, 1.82) is 0 Å². The Morgan fingerprint density at radius 1 is 1.10 bits per heavy atom. The first kappa shape index (κ1) is 16.3. The van der Waals surface area contributed by atoms with E-state index in [1.807, 2.05) is 6.07 Å². The zero-order valence-electron chi connectivity index (χ0n) is 13.6. The first-order valence-corrected chi connectivity index (χ1v) is 8.09. The van der Waals surface area contributed by atoms with E-state index in [9.17, 15) is 0 Å². The Labute approximate surface area is 129 Å². The Balaban J connectivity index is 2.02. The number of ether oxygens (including phenoxy) is 1. The molecule has 1 saturated heterocycles. The summed E-state index contributed by atoms with van der Waals surface area (Å²) >= 11 is 0. The minimum Gasteiger partial charge on any atom is -0.496 e. The predicted molar refractivity (Wildman–Crippen MR) is 88.0 cm³/mol. The summed E-state index contributed by atoms with van der Waals surface area (Å²) in [5, 5.41) is 3.61. The van der Waals surface area contributed by atoms with Crippen LogP contribution in [0.15, 0.2) is 24.3 Å². The van der Waals surface area contributed by atoms with Crippen molar-refractivity contribution in [2.45, 2.75) is 19.9 Å². The molecule has 1 aromatic carbocycles. The molecule has 1 heterocycles. The number of nitrogens with one attached hydrogen (secondary N) is 1. The van der Waals surface area contributed by atoms with E-state index >= 15 is 0 Å². The molecule has 0 aromatic heterocycles. The van der Waals surface area contributed by atoms with Gasteiger partial charge in [0, 0.05) is 44.3 Å². The summed E-state index contributed by atoms with van der Waals surface area (Å²) in [6.45, 7) is 12.3. The summed E-state index contributed by atoms with van der Waals surface area (Å²) in [5.41, 5.74) is 1.26. The number of rotatable bonds is 7. The van der Waals surface area contributed by atoms with Gasteiger partial charge in [0.25, 0.3) is 0 Å². The number of nitrogens with zero attached hydrogens (tertiary/aromatic N) is 2. The smallest absolute Gasteiger partial charge is 0.123 e. The summed E-state index contributed by atoms with van der Waals surface area (Å²) in [7, 11) is 1.75. The van der Waals surface area contributed by atoms with E-state index in [1.165, 1.54) is 18.7 Å². The normalized spacial score (nSPS) is 18.6. The fraction of sp³-hybridized carbons (Fsp3) is 0.647. The lowest BCUT2D eigenvalue weighted by molar-refractivity contribution is 0.127. The summed E-state index contributed by atoms with van der Waals surface area (Å²) < 4.78 is 5.53. The van der Waals surface area contributed by atoms with E-state index in [2.05, 4.69) is 47.2 Å². The molecule has 0 bridgehead atoms. The lowest BCUT2D eigenvalue weighted by atomic mass is 10.0. The fourth-order valence-corrected chi connectivity index (χ4v) is 3.02. The zero-order valence-corrected chi connectivity index (χ0v) is 13.6. The second-order valence-corrected chi connectivity index (χ2v) is 5.59. The van der Waals surface area contributed by atoms with Crippen molar-refractivity contribution in [1.82, 2.24) is 15.1 Å². The highest BCUT2D eigenvalue weighted by Crippen LogP contribution is 2.25. The largest absolute Gasteiger partial charge is 0.496 e. The van der Waals surface area contributed by atoms with Crippen molar-refractivity contribution in [3.05, 3.63) is 29.8 Å². The summed E-state index contributed by atoms with van der Waals surface area (Å²) in [4.78, 5) is 5.08. The lowest BCUT2D eigenvalue weighted by Gasteiger charge is -2.36. The quantitative estimate of drug-likeness (QED) is 0.831. The molecular weight excluding hydrogens is 262 g/mol. The Hall–Kier alpha value is -1.10. The number of hydrogen-bond donors (Lipinski definition) is 1. The molecule has 4 heteroatoms. The highest BCUT2D eigenvalue weighted by molar-refractivity contribution is 5.36. The second kappa shape index (κ2) is 8.37. The molecule has 4 nitrogen and oxygen atoms in total.